The maximum atomic E-state index is 13.6. The van der Waals surface area contributed by atoms with Crippen LogP contribution >= 0.6 is 11.6 Å². The molecule has 0 fully saturated rings. The van der Waals surface area contributed by atoms with E-state index in [0.717, 1.165) is 94.2 Å². The number of nitrogens with zero attached hydrogens (tertiary/aromatic N) is 3. The molecule has 11 N–H and O–H groups in total. The highest BCUT2D eigenvalue weighted by molar-refractivity contribution is 6.29. The van der Waals surface area contributed by atoms with Gasteiger partial charge in [-0.05, 0) is 131 Å². The van der Waals surface area contributed by atoms with E-state index in [2.05, 4.69) is 62.8 Å². The molecule has 0 unspecified atom stereocenters. The van der Waals surface area contributed by atoms with Gasteiger partial charge in [-0.25, -0.2) is 28.1 Å². The molecule has 518 valence electrons. The third-order valence-electron chi connectivity index (χ3n) is 15.0. The van der Waals surface area contributed by atoms with Crippen LogP contribution < -0.4 is 53.6 Å². The van der Waals surface area contributed by atoms with E-state index in [1.807, 2.05) is 12.1 Å². The monoisotopic (exact) mass is 1410 g/mol. The molecule has 32 heteroatoms. The second-order valence-electron chi connectivity index (χ2n) is 22.1. The molecular formula is C68H54ClF12N13O6. The summed E-state index contributed by atoms with van der Waals surface area (Å²) in [6.07, 6.45) is -10.4. The maximum Gasteiger partial charge on any atom is 0.419 e. The lowest BCUT2D eigenvalue weighted by Crippen LogP contribution is -2.20. The van der Waals surface area contributed by atoms with Crippen LogP contribution in [0.1, 0.15) is 75.6 Å². The van der Waals surface area contributed by atoms with Crippen LogP contribution in [0.15, 0.2) is 146 Å². The Bertz CT molecular complexity index is 4490. The summed E-state index contributed by atoms with van der Waals surface area (Å²) in [4.78, 5) is 81.2. The van der Waals surface area contributed by atoms with E-state index in [9.17, 15) is 81.5 Å². The second-order valence-corrected chi connectivity index (χ2v) is 22.5. The Morgan fingerprint density at radius 3 is 1.17 bits per heavy atom. The van der Waals surface area contributed by atoms with Crippen molar-refractivity contribution in [2.45, 2.75) is 50.6 Å². The van der Waals surface area contributed by atoms with E-state index in [0.29, 0.717) is 67.8 Å². The van der Waals surface area contributed by atoms with Gasteiger partial charge >= 0.3 is 18.5 Å². The number of nitrogens with two attached hydrogens (primary N) is 1. The van der Waals surface area contributed by atoms with Gasteiger partial charge in [0.05, 0.1) is 73.9 Å². The topological polar surface area (TPSA) is 275 Å². The number of halogens is 13. The summed E-state index contributed by atoms with van der Waals surface area (Å²) in [5.74, 6) is -3.61. The minimum atomic E-state index is -4.73. The van der Waals surface area contributed by atoms with Crippen LogP contribution in [-0.4, -0.2) is 71.3 Å². The van der Waals surface area contributed by atoms with Crippen molar-refractivity contribution in [3.05, 3.63) is 230 Å². The minimum absolute atomic E-state index is 0.00137. The Labute approximate surface area is 564 Å². The van der Waals surface area contributed by atoms with Gasteiger partial charge in [0, 0.05) is 100 Å². The van der Waals surface area contributed by atoms with Crippen molar-refractivity contribution in [2.24, 2.45) is 0 Å². The number of nitrogen functional groups attached to an aromatic ring is 1. The third-order valence-corrected chi connectivity index (χ3v) is 15.2. The summed E-state index contributed by atoms with van der Waals surface area (Å²) in [5.41, 5.74) is 8.06. The minimum Gasteiger partial charge on any atom is -0.399 e. The van der Waals surface area contributed by atoms with Gasteiger partial charge in [0.2, 0.25) is 5.91 Å². The van der Waals surface area contributed by atoms with E-state index in [1.165, 1.54) is 33.3 Å². The SMILES string of the molecule is CNC(=O)c1cc(F)ccc1Nc1cc(Cl)ncc1C(F)(F)F.CNC(=O)c1cc(F)ccc1Nc1cc(Nc2ccc3c(c2)CC(=O)C3)ncc1C(F)(F)F.CNC(=O)c1cc(F)ccc1Nc1cc(Nc2ccc3c(c2)CC(=O)C3)ncc1C(F)(F)F.Nc1ccc2c(c1)CC(=O)N2. The van der Waals surface area contributed by atoms with Gasteiger partial charge in [-0.3, -0.25) is 28.8 Å². The van der Waals surface area contributed by atoms with E-state index >= 15 is 0 Å². The molecule has 0 atom stereocenters. The van der Waals surface area contributed by atoms with Crippen LogP contribution in [-0.2, 0) is 65.0 Å². The Morgan fingerprint density at radius 2 is 0.790 bits per heavy atom. The van der Waals surface area contributed by atoms with Crippen LogP contribution in [0.25, 0.3) is 0 Å². The van der Waals surface area contributed by atoms with Crippen molar-refractivity contribution in [1.29, 1.82) is 0 Å². The molecule has 12 rings (SSSR count). The number of carbonyl (C=O) groups is 6. The summed E-state index contributed by atoms with van der Waals surface area (Å²) < 4.78 is 161. The number of carbonyl (C=O) groups excluding carboxylic acids is 6. The fraction of sp³-hybridized carbons (Fsp3) is 0.162. The van der Waals surface area contributed by atoms with Gasteiger partial charge in [-0.1, -0.05) is 23.7 Å². The Morgan fingerprint density at radius 1 is 0.420 bits per heavy atom. The predicted molar refractivity (Wildman–Crippen MR) is 349 cm³/mol. The Kier molecular flexibility index (Phi) is 22.0. The molecule has 0 saturated heterocycles. The van der Waals surface area contributed by atoms with E-state index in [-0.39, 0.29) is 79.4 Å². The Hall–Kier alpha value is -11.8. The molecule has 4 amide bonds. The highest BCUT2D eigenvalue weighted by Gasteiger charge is 2.37. The van der Waals surface area contributed by atoms with Gasteiger partial charge in [0.15, 0.2) is 0 Å². The first-order valence-electron chi connectivity index (χ1n) is 29.5. The lowest BCUT2D eigenvalue weighted by Gasteiger charge is -2.18. The summed E-state index contributed by atoms with van der Waals surface area (Å²) in [6, 6.07) is 28.6. The van der Waals surface area contributed by atoms with Gasteiger partial charge < -0.3 is 53.6 Å². The molecule has 100 heavy (non-hydrogen) atoms. The molecule has 3 aromatic heterocycles. The number of pyridine rings is 3. The second kappa shape index (κ2) is 30.3. The van der Waals surface area contributed by atoms with Crippen molar-refractivity contribution >= 4 is 115 Å². The summed E-state index contributed by atoms with van der Waals surface area (Å²) in [5, 5.41) is 23.0. The molecule has 1 aliphatic heterocycles. The Balaban J connectivity index is 0.000000164. The molecule has 19 nitrogen and oxygen atoms in total. The summed E-state index contributed by atoms with van der Waals surface area (Å²) in [7, 11) is 3.98. The lowest BCUT2D eigenvalue weighted by atomic mass is 10.1. The molecule has 0 saturated carbocycles. The number of amides is 4. The predicted octanol–water partition coefficient (Wildman–Crippen LogP) is 14.3. The van der Waals surface area contributed by atoms with Crippen molar-refractivity contribution in [2.75, 3.05) is 58.8 Å². The standard InChI is InChI=1S/2C23H18F4N4O2.C14H10ClF4N3O.C8H8N2O/c2*1-28-22(33)17-9-14(24)3-5-19(17)31-20-10-21(29-11-18(20)23(25,26)27)30-15-4-2-12-7-16(32)8-13(12)6-15;1-20-13(23)8-4-7(16)2-3-10(8)22-11-5-12(15)21-6-9(11)14(17,18)19;9-6-1-2-7-5(3-6)4-8(11)10-7/h2*2-6,9-11H,7-8H2,1H3,(H,28,33)(H2,29,30,31);2-6H,1H3,(H,20,23)(H,21,22);1-3H,4,9H2,(H,10,11). The number of hydrogen-bond acceptors (Lipinski definition) is 15. The number of anilines is 12. The fourth-order valence-corrected chi connectivity index (χ4v) is 10.5. The quantitative estimate of drug-likeness (QED) is 0.0292. The van der Waals surface area contributed by atoms with Crippen LogP contribution in [0.4, 0.5) is 121 Å². The average Bonchev–Trinajstić information content (AvgIpc) is 1.22. The third kappa shape index (κ3) is 18.3. The van der Waals surface area contributed by atoms with Crippen LogP contribution in [0.5, 0.6) is 0 Å². The largest absolute Gasteiger partial charge is 0.419 e. The summed E-state index contributed by atoms with van der Waals surface area (Å²) >= 11 is 5.63. The molecule has 0 spiro atoms. The number of aromatic nitrogens is 3. The normalized spacial score (nSPS) is 12.7. The van der Waals surface area contributed by atoms with E-state index in [1.54, 1.807) is 42.5 Å². The number of rotatable bonds is 13. The van der Waals surface area contributed by atoms with Crippen molar-refractivity contribution < 1.29 is 81.5 Å². The highest BCUT2D eigenvalue weighted by Crippen LogP contribution is 2.42. The zero-order valence-corrected chi connectivity index (χ0v) is 52.9. The van der Waals surface area contributed by atoms with Crippen molar-refractivity contribution in [1.82, 2.24) is 30.9 Å². The van der Waals surface area contributed by atoms with E-state index < -0.39 is 76.1 Å². The van der Waals surface area contributed by atoms with Gasteiger partial charge in [0.1, 0.15) is 45.8 Å². The first-order chi connectivity index (χ1) is 47.2. The van der Waals surface area contributed by atoms with Crippen LogP contribution in [0.2, 0.25) is 5.15 Å². The van der Waals surface area contributed by atoms with Crippen molar-refractivity contribution in [3.63, 3.8) is 0 Å². The van der Waals surface area contributed by atoms with Gasteiger partial charge in [-0.2, -0.15) is 39.5 Å². The number of alkyl halides is 9. The zero-order valence-electron chi connectivity index (χ0n) is 52.2. The number of ketones is 2. The van der Waals surface area contributed by atoms with Crippen molar-refractivity contribution in [3.8, 4) is 0 Å². The highest BCUT2D eigenvalue weighted by atomic mass is 35.5. The first-order valence-corrected chi connectivity index (χ1v) is 29.9. The number of fused-ring (bicyclic) bond motifs is 3. The lowest BCUT2D eigenvalue weighted by molar-refractivity contribution is -0.138. The zero-order chi connectivity index (χ0) is 72.5. The molecule has 6 aromatic carbocycles. The van der Waals surface area contributed by atoms with E-state index in [4.69, 9.17) is 17.3 Å². The number of benzene rings is 6. The fourth-order valence-electron chi connectivity index (χ4n) is 10.3. The number of hydrogen-bond donors (Lipinski definition) is 10. The smallest absolute Gasteiger partial charge is 0.399 e. The molecule has 2 aliphatic carbocycles. The molecule has 3 aliphatic rings. The maximum absolute atomic E-state index is 13.6. The average molecular weight is 1410 g/mol. The molecule has 9 aromatic rings. The van der Waals surface area contributed by atoms with Gasteiger partial charge in [-0.15, -0.1) is 0 Å². The summed E-state index contributed by atoms with van der Waals surface area (Å²) in [6.45, 7) is 0. The molecular weight excluding hydrogens is 1360 g/mol. The van der Waals surface area contributed by atoms with Crippen LogP contribution in [0, 0.1) is 17.5 Å². The first kappa shape index (κ1) is 72.5. The van der Waals surface area contributed by atoms with Gasteiger partial charge in [0.25, 0.3) is 17.7 Å². The number of nitrogens with one attached hydrogen (secondary N) is 9. The number of Topliss-reactive ketones (excluding diaryl/α,β-unsaturated/α-hetero) is 2. The van der Waals surface area contributed by atoms with Crippen LogP contribution in [0.3, 0.4) is 0 Å². The molecule has 4 heterocycles. The molecule has 0 radical (unpaired) electrons. The molecule has 0 bridgehead atoms.